The van der Waals surface area contributed by atoms with Crippen LogP contribution in [0.25, 0.3) is 0 Å². The minimum absolute atomic E-state index is 0.113. The number of hydrogen-bond donors (Lipinski definition) is 4. The molecule has 9 heavy (non-hydrogen) atoms. The first-order valence-corrected chi connectivity index (χ1v) is 3.53. The zero-order valence-electron chi connectivity index (χ0n) is 5.03. The molecule has 0 heterocycles. The Morgan fingerprint density at radius 1 is 1.11 bits per heavy atom. The van der Waals surface area contributed by atoms with Crippen LogP contribution >= 0.6 is 11.8 Å². The van der Waals surface area contributed by atoms with E-state index in [1.54, 1.807) is 0 Å². The summed E-state index contributed by atoms with van der Waals surface area (Å²) in [6, 6.07) is 0. The minimum atomic E-state index is -0.382. The third-order valence-corrected chi connectivity index (χ3v) is 1.71. The Morgan fingerprint density at radius 3 is 1.67 bits per heavy atom. The van der Waals surface area contributed by atoms with E-state index in [0.29, 0.717) is 0 Å². The predicted octanol–water partition coefficient (Wildman–Crippen LogP) is -1.73. The molecule has 2 unspecified atom stereocenters. The van der Waals surface area contributed by atoms with Crippen LogP contribution in [0.3, 0.4) is 0 Å². The largest absolute Gasteiger partial charge is 0.394 e. The summed E-state index contributed by atoms with van der Waals surface area (Å²) in [5.74, 6) is 0. The standard InChI is InChI=1S/C4H12N2O2S/c5-3(1-7)9-4(6)2-8/h3-4,7-8H,1-2,5-6H2. The molecular formula is C4H12N2O2S. The van der Waals surface area contributed by atoms with Gasteiger partial charge in [-0.3, -0.25) is 0 Å². The lowest BCUT2D eigenvalue weighted by atomic mass is 10.7. The van der Waals surface area contributed by atoms with Crippen LogP contribution in [0.4, 0.5) is 0 Å². The zero-order valence-corrected chi connectivity index (χ0v) is 5.84. The number of thioether (sulfide) groups is 1. The van der Waals surface area contributed by atoms with Gasteiger partial charge in [-0.05, 0) is 0 Å². The number of nitrogens with two attached hydrogens (primary N) is 2. The van der Waals surface area contributed by atoms with Crippen LogP contribution in [0.2, 0.25) is 0 Å². The quantitative estimate of drug-likeness (QED) is 0.359. The summed E-state index contributed by atoms with van der Waals surface area (Å²) in [6.45, 7) is -0.225. The Balaban J connectivity index is 3.22. The average molecular weight is 152 g/mol. The Labute approximate surface area is 58.2 Å². The number of aliphatic hydroxyl groups is 2. The van der Waals surface area contributed by atoms with Gasteiger partial charge in [0.15, 0.2) is 0 Å². The van der Waals surface area contributed by atoms with E-state index < -0.39 is 0 Å². The Kier molecular flexibility index (Phi) is 5.12. The molecule has 0 aliphatic rings. The Morgan fingerprint density at radius 2 is 1.44 bits per heavy atom. The van der Waals surface area contributed by atoms with E-state index >= 15 is 0 Å². The summed E-state index contributed by atoms with van der Waals surface area (Å²) in [7, 11) is 0. The molecule has 4 nitrogen and oxygen atoms in total. The van der Waals surface area contributed by atoms with E-state index in [1.165, 1.54) is 0 Å². The molecule has 0 aliphatic carbocycles. The third-order valence-electron chi connectivity index (χ3n) is 0.709. The van der Waals surface area contributed by atoms with Crippen molar-refractivity contribution in [3.8, 4) is 0 Å². The molecule has 0 rings (SSSR count). The molecule has 0 radical (unpaired) electrons. The lowest BCUT2D eigenvalue weighted by Crippen LogP contribution is -2.29. The van der Waals surface area contributed by atoms with Crippen molar-refractivity contribution in [2.75, 3.05) is 13.2 Å². The molecule has 0 fully saturated rings. The molecule has 0 spiro atoms. The van der Waals surface area contributed by atoms with E-state index in [4.69, 9.17) is 21.7 Å². The van der Waals surface area contributed by atoms with E-state index in [0.717, 1.165) is 11.8 Å². The van der Waals surface area contributed by atoms with Gasteiger partial charge in [-0.2, -0.15) is 0 Å². The first-order chi connectivity index (χ1) is 4.20. The number of rotatable bonds is 4. The fourth-order valence-electron chi connectivity index (χ4n) is 0.311. The third kappa shape index (κ3) is 4.68. The summed E-state index contributed by atoms with van der Waals surface area (Å²) in [6.07, 6.45) is 0. The number of aliphatic hydroxyl groups excluding tert-OH is 2. The van der Waals surface area contributed by atoms with Crippen LogP contribution < -0.4 is 11.5 Å². The maximum absolute atomic E-state index is 8.40. The summed E-state index contributed by atoms with van der Waals surface area (Å²) in [5, 5.41) is 16.0. The lowest BCUT2D eigenvalue weighted by molar-refractivity contribution is 0.288. The van der Waals surface area contributed by atoms with Crippen LogP contribution in [0, 0.1) is 0 Å². The monoisotopic (exact) mass is 152 g/mol. The molecule has 0 aliphatic heterocycles. The summed E-state index contributed by atoms with van der Waals surface area (Å²) >= 11 is 1.16. The molecule has 0 amide bonds. The van der Waals surface area contributed by atoms with E-state index in [1.807, 2.05) is 0 Å². The van der Waals surface area contributed by atoms with Crippen molar-refractivity contribution >= 4 is 11.8 Å². The first kappa shape index (κ1) is 9.19. The van der Waals surface area contributed by atoms with Gasteiger partial charge in [0.2, 0.25) is 0 Å². The summed E-state index contributed by atoms with van der Waals surface area (Å²) < 4.78 is 0. The number of hydrogen-bond acceptors (Lipinski definition) is 5. The highest BCUT2D eigenvalue weighted by Gasteiger charge is 2.06. The SMILES string of the molecule is NC(CO)SC(N)CO. The molecule has 0 saturated heterocycles. The van der Waals surface area contributed by atoms with Gasteiger partial charge in [0.05, 0.1) is 24.0 Å². The molecule has 0 aromatic carbocycles. The molecule has 2 atom stereocenters. The zero-order chi connectivity index (χ0) is 7.28. The first-order valence-electron chi connectivity index (χ1n) is 2.59. The van der Waals surface area contributed by atoms with Gasteiger partial charge in [-0.25, -0.2) is 0 Å². The van der Waals surface area contributed by atoms with Crippen LogP contribution in [-0.2, 0) is 0 Å². The normalized spacial score (nSPS) is 17.3. The highest BCUT2D eigenvalue weighted by atomic mass is 32.2. The summed E-state index contributed by atoms with van der Waals surface area (Å²) in [4.78, 5) is 0. The summed E-state index contributed by atoms with van der Waals surface area (Å²) in [5.41, 5.74) is 10.5. The van der Waals surface area contributed by atoms with Crippen LogP contribution in [0.15, 0.2) is 0 Å². The van der Waals surface area contributed by atoms with Crippen molar-refractivity contribution in [1.82, 2.24) is 0 Å². The maximum atomic E-state index is 8.40. The fourth-order valence-corrected chi connectivity index (χ4v) is 0.932. The van der Waals surface area contributed by atoms with Crippen molar-refractivity contribution in [3.63, 3.8) is 0 Å². The van der Waals surface area contributed by atoms with Gasteiger partial charge in [0, 0.05) is 0 Å². The van der Waals surface area contributed by atoms with Gasteiger partial charge in [0.25, 0.3) is 0 Å². The fraction of sp³-hybridized carbons (Fsp3) is 1.00. The second-order valence-electron chi connectivity index (χ2n) is 1.58. The van der Waals surface area contributed by atoms with Crippen LogP contribution in [0.5, 0.6) is 0 Å². The molecular weight excluding hydrogens is 140 g/mol. The second kappa shape index (κ2) is 5.01. The molecule has 5 heteroatoms. The van der Waals surface area contributed by atoms with Gasteiger partial charge in [0.1, 0.15) is 0 Å². The molecule has 0 aromatic rings. The molecule has 0 aromatic heterocycles. The molecule has 56 valence electrons. The van der Waals surface area contributed by atoms with Crippen molar-refractivity contribution in [2.45, 2.75) is 10.7 Å². The Bertz CT molecular complexity index is 65.6. The Hall–Kier alpha value is 0.190. The predicted molar refractivity (Wildman–Crippen MR) is 37.7 cm³/mol. The highest BCUT2D eigenvalue weighted by molar-refractivity contribution is 8.00. The van der Waals surface area contributed by atoms with Gasteiger partial charge in [-0.1, -0.05) is 0 Å². The molecule has 6 N–H and O–H groups in total. The average Bonchev–Trinajstić information content (AvgIpc) is 1.87. The van der Waals surface area contributed by atoms with Crippen molar-refractivity contribution in [2.24, 2.45) is 11.5 Å². The van der Waals surface area contributed by atoms with E-state index in [9.17, 15) is 0 Å². The minimum Gasteiger partial charge on any atom is -0.394 e. The highest BCUT2D eigenvalue weighted by Crippen LogP contribution is 2.07. The van der Waals surface area contributed by atoms with Crippen molar-refractivity contribution < 1.29 is 10.2 Å². The second-order valence-corrected chi connectivity index (χ2v) is 3.06. The molecule has 0 saturated carbocycles. The van der Waals surface area contributed by atoms with Crippen molar-refractivity contribution in [1.29, 1.82) is 0 Å². The smallest absolute Gasteiger partial charge is 0.0758 e. The van der Waals surface area contributed by atoms with E-state index in [2.05, 4.69) is 0 Å². The van der Waals surface area contributed by atoms with Gasteiger partial charge in [-0.15, -0.1) is 11.8 Å². The van der Waals surface area contributed by atoms with Gasteiger partial charge >= 0.3 is 0 Å². The molecule has 0 bridgehead atoms. The van der Waals surface area contributed by atoms with Gasteiger partial charge < -0.3 is 21.7 Å². The maximum Gasteiger partial charge on any atom is 0.0758 e. The topological polar surface area (TPSA) is 92.5 Å². The van der Waals surface area contributed by atoms with Crippen molar-refractivity contribution in [3.05, 3.63) is 0 Å². The lowest BCUT2D eigenvalue weighted by Gasteiger charge is -2.11. The van der Waals surface area contributed by atoms with Crippen LogP contribution in [-0.4, -0.2) is 34.2 Å². The van der Waals surface area contributed by atoms with E-state index in [-0.39, 0.29) is 24.0 Å². The van der Waals surface area contributed by atoms with Crippen LogP contribution in [0.1, 0.15) is 0 Å².